The van der Waals surface area contributed by atoms with Gasteiger partial charge < -0.3 is 15.0 Å². The van der Waals surface area contributed by atoms with Crippen LogP contribution < -0.4 is 5.32 Å². The third-order valence-electron chi connectivity index (χ3n) is 4.17. The van der Waals surface area contributed by atoms with Gasteiger partial charge in [-0.3, -0.25) is 14.5 Å². The molecule has 0 saturated carbocycles. The first-order valence-electron chi connectivity index (χ1n) is 7.49. The number of hydrogen-bond acceptors (Lipinski definition) is 5. The summed E-state index contributed by atoms with van der Waals surface area (Å²) in [6.07, 6.45) is 4.00. The average molecular weight is 320 g/mol. The molecule has 0 aromatic carbocycles. The minimum absolute atomic E-state index is 0. The van der Waals surface area contributed by atoms with Crippen molar-refractivity contribution < 1.29 is 14.3 Å². The Morgan fingerprint density at radius 2 is 1.95 bits per heavy atom. The summed E-state index contributed by atoms with van der Waals surface area (Å²) >= 11 is 0. The zero-order valence-electron chi connectivity index (χ0n) is 12.7. The fourth-order valence-corrected chi connectivity index (χ4v) is 2.86. The van der Waals surface area contributed by atoms with E-state index < -0.39 is 0 Å². The van der Waals surface area contributed by atoms with Crippen LogP contribution in [0.25, 0.3) is 0 Å². The van der Waals surface area contributed by atoms with Crippen molar-refractivity contribution in [2.45, 2.75) is 31.7 Å². The van der Waals surface area contributed by atoms with Crippen molar-refractivity contribution in [1.82, 2.24) is 15.1 Å². The maximum Gasteiger partial charge on any atom is 0.319 e. The Bertz CT molecular complexity index is 340. The van der Waals surface area contributed by atoms with Gasteiger partial charge in [-0.15, -0.1) is 12.4 Å². The average Bonchev–Trinajstić information content (AvgIpc) is 2.98. The zero-order chi connectivity index (χ0) is 14.4. The second-order valence-corrected chi connectivity index (χ2v) is 5.57. The fraction of sp³-hybridized carbons (Fsp3) is 0.857. The highest BCUT2D eigenvalue weighted by molar-refractivity contribution is 5.85. The second kappa shape index (κ2) is 9.23. The summed E-state index contributed by atoms with van der Waals surface area (Å²) in [5.41, 5.74) is 0. The largest absolute Gasteiger partial charge is 0.468 e. The number of hydrogen-bond donors (Lipinski definition) is 1. The molecular formula is C14H26ClN3O3. The van der Waals surface area contributed by atoms with Crippen molar-refractivity contribution in [2.24, 2.45) is 0 Å². The van der Waals surface area contributed by atoms with Crippen LogP contribution in [0.2, 0.25) is 0 Å². The Morgan fingerprint density at radius 3 is 2.52 bits per heavy atom. The van der Waals surface area contributed by atoms with E-state index in [1.807, 2.05) is 9.80 Å². The van der Waals surface area contributed by atoms with Crippen molar-refractivity contribution in [1.29, 1.82) is 0 Å². The highest BCUT2D eigenvalue weighted by Gasteiger charge is 2.23. The van der Waals surface area contributed by atoms with E-state index >= 15 is 0 Å². The van der Waals surface area contributed by atoms with Crippen LogP contribution in [0.4, 0.5) is 0 Å². The van der Waals surface area contributed by atoms with Crippen molar-refractivity contribution in [2.75, 3.05) is 46.4 Å². The molecule has 1 atom stereocenters. The summed E-state index contributed by atoms with van der Waals surface area (Å²) in [4.78, 5) is 27.3. The van der Waals surface area contributed by atoms with Crippen LogP contribution in [-0.4, -0.2) is 74.1 Å². The summed E-state index contributed by atoms with van der Waals surface area (Å²) in [6.45, 7) is 4.35. The Labute approximate surface area is 132 Å². The zero-order valence-corrected chi connectivity index (χ0v) is 13.5. The number of nitrogens with one attached hydrogen (secondary N) is 1. The lowest BCUT2D eigenvalue weighted by molar-refractivity contribution is -0.142. The van der Waals surface area contributed by atoms with Gasteiger partial charge in [-0.1, -0.05) is 0 Å². The maximum absolute atomic E-state index is 12.1. The molecule has 0 bridgehead atoms. The Kier molecular flexibility index (Phi) is 8.00. The fourth-order valence-electron chi connectivity index (χ4n) is 2.86. The Morgan fingerprint density at radius 1 is 1.24 bits per heavy atom. The van der Waals surface area contributed by atoms with E-state index in [9.17, 15) is 9.59 Å². The SMILES string of the molecule is COC(=O)CN1CCN(C(=O)CCC2CCCN2)CC1.Cl. The van der Waals surface area contributed by atoms with Gasteiger partial charge in [-0.2, -0.15) is 0 Å². The van der Waals surface area contributed by atoms with E-state index in [0.717, 1.165) is 26.1 Å². The molecule has 6 nitrogen and oxygen atoms in total. The van der Waals surface area contributed by atoms with E-state index in [2.05, 4.69) is 10.1 Å². The van der Waals surface area contributed by atoms with Gasteiger partial charge in [-0.25, -0.2) is 0 Å². The Hall–Kier alpha value is -0.850. The van der Waals surface area contributed by atoms with Crippen molar-refractivity contribution in [3.8, 4) is 0 Å². The van der Waals surface area contributed by atoms with E-state index in [-0.39, 0.29) is 24.3 Å². The molecule has 2 heterocycles. The number of esters is 1. The van der Waals surface area contributed by atoms with Crippen molar-refractivity contribution >= 4 is 24.3 Å². The molecule has 21 heavy (non-hydrogen) atoms. The predicted octanol–water partition coefficient (Wildman–Crippen LogP) is 0.258. The molecule has 0 radical (unpaired) electrons. The number of carbonyl (C=O) groups excluding carboxylic acids is 2. The molecule has 1 unspecified atom stereocenters. The molecule has 7 heteroatoms. The highest BCUT2D eigenvalue weighted by atomic mass is 35.5. The van der Waals surface area contributed by atoms with E-state index in [4.69, 9.17) is 0 Å². The van der Waals surface area contributed by atoms with Gasteiger partial charge in [0.2, 0.25) is 5.91 Å². The van der Waals surface area contributed by atoms with Gasteiger partial charge in [0.15, 0.2) is 0 Å². The number of nitrogens with zero attached hydrogens (tertiary/aromatic N) is 2. The normalized spacial score (nSPS) is 22.7. The molecule has 122 valence electrons. The van der Waals surface area contributed by atoms with Gasteiger partial charge >= 0.3 is 5.97 Å². The number of amides is 1. The topological polar surface area (TPSA) is 61.9 Å². The van der Waals surface area contributed by atoms with Crippen LogP contribution in [-0.2, 0) is 14.3 Å². The standard InChI is InChI=1S/C14H25N3O3.ClH/c1-20-14(19)11-16-7-9-17(10-8-16)13(18)5-4-12-3-2-6-15-12;/h12,15H,2-11H2,1H3;1H. The van der Waals surface area contributed by atoms with Crippen LogP contribution in [0.3, 0.4) is 0 Å². The molecule has 0 aliphatic carbocycles. The summed E-state index contributed by atoms with van der Waals surface area (Å²) in [7, 11) is 1.40. The monoisotopic (exact) mass is 319 g/mol. The first kappa shape index (κ1) is 18.2. The molecule has 0 aromatic rings. The molecule has 2 saturated heterocycles. The molecule has 0 spiro atoms. The van der Waals surface area contributed by atoms with Crippen LogP contribution >= 0.6 is 12.4 Å². The van der Waals surface area contributed by atoms with Crippen LogP contribution in [0, 0.1) is 0 Å². The maximum atomic E-state index is 12.1. The molecular weight excluding hydrogens is 294 g/mol. The molecule has 0 aromatic heterocycles. The lowest BCUT2D eigenvalue weighted by atomic mass is 10.1. The molecule has 2 fully saturated rings. The van der Waals surface area contributed by atoms with E-state index in [1.54, 1.807) is 0 Å². The van der Waals surface area contributed by atoms with Crippen molar-refractivity contribution in [3.05, 3.63) is 0 Å². The molecule has 1 N–H and O–H groups in total. The lowest BCUT2D eigenvalue weighted by Gasteiger charge is -2.34. The number of ether oxygens (including phenoxy) is 1. The molecule has 2 rings (SSSR count). The first-order valence-corrected chi connectivity index (χ1v) is 7.49. The summed E-state index contributed by atoms with van der Waals surface area (Å²) in [5.74, 6) is 0.0357. The predicted molar refractivity (Wildman–Crippen MR) is 82.5 cm³/mol. The Balaban J connectivity index is 0.00000220. The quantitative estimate of drug-likeness (QED) is 0.737. The first-order chi connectivity index (χ1) is 9.69. The lowest BCUT2D eigenvalue weighted by Crippen LogP contribution is -2.50. The summed E-state index contributed by atoms with van der Waals surface area (Å²) in [5, 5.41) is 3.42. The highest BCUT2D eigenvalue weighted by Crippen LogP contribution is 2.12. The molecule has 2 aliphatic rings. The van der Waals surface area contributed by atoms with Crippen molar-refractivity contribution in [3.63, 3.8) is 0 Å². The van der Waals surface area contributed by atoms with Crippen LogP contribution in [0.5, 0.6) is 0 Å². The number of carbonyl (C=O) groups is 2. The minimum atomic E-state index is -0.211. The molecule has 1 amide bonds. The minimum Gasteiger partial charge on any atom is -0.468 e. The van der Waals surface area contributed by atoms with Gasteiger partial charge in [0.25, 0.3) is 0 Å². The second-order valence-electron chi connectivity index (χ2n) is 5.57. The van der Waals surface area contributed by atoms with E-state index in [0.29, 0.717) is 32.1 Å². The van der Waals surface area contributed by atoms with Gasteiger partial charge in [-0.05, 0) is 25.8 Å². The van der Waals surface area contributed by atoms with Gasteiger partial charge in [0, 0.05) is 38.6 Å². The number of piperazine rings is 1. The molecule has 2 aliphatic heterocycles. The van der Waals surface area contributed by atoms with Crippen LogP contribution in [0.1, 0.15) is 25.7 Å². The third kappa shape index (κ3) is 5.80. The number of halogens is 1. The summed E-state index contributed by atoms with van der Waals surface area (Å²) < 4.78 is 4.65. The van der Waals surface area contributed by atoms with Gasteiger partial charge in [0.1, 0.15) is 0 Å². The van der Waals surface area contributed by atoms with E-state index in [1.165, 1.54) is 20.0 Å². The summed E-state index contributed by atoms with van der Waals surface area (Å²) in [6, 6.07) is 0.527. The number of methoxy groups -OCH3 is 1. The van der Waals surface area contributed by atoms with Gasteiger partial charge in [0.05, 0.1) is 13.7 Å². The number of rotatable bonds is 5. The smallest absolute Gasteiger partial charge is 0.319 e. The van der Waals surface area contributed by atoms with Crippen LogP contribution in [0.15, 0.2) is 0 Å². The third-order valence-corrected chi connectivity index (χ3v) is 4.17.